The zero-order valence-corrected chi connectivity index (χ0v) is 8.50. The summed E-state index contributed by atoms with van der Waals surface area (Å²) in [6.45, 7) is 3.91. The Bertz CT molecular complexity index is 382. The number of rotatable bonds is 3. The number of nitriles is 1. The second-order valence-electron chi connectivity index (χ2n) is 2.98. The third-order valence-electron chi connectivity index (χ3n) is 2.09. The summed E-state index contributed by atoms with van der Waals surface area (Å²) in [5.74, 6) is 1.48. The van der Waals surface area contributed by atoms with Crippen LogP contribution < -0.4 is 5.73 Å². The van der Waals surface area contributed by atoms with E-state index in [0.29, 0.717) is 23.5 Å². The molecule has 1 aromatic rings. The lowest BCUT2D eigenvalue weighted by Crippen LogP contribution is -1.98. The lowest BCUT2D eigenvalue weighted by Gasteiger charge is -1.99. The molecular formula is C11H14N2O. The molecule has 0 saturated heterocycles. The summed E-state index contributed by atoms with van der Waals surface area (Å²) in [5, 5.41) is 8.79. The Labute approximate surface area is 83.8 Å². The van der Waals surface area contributed by atoms with Gasteiger partial charge in [0, 0.05) is 6.42 Å². The average molecular weight is 190 g/mol. The SMILES string of the molecule is CC/C(C#N)=C(/N)c1ccc(CC)o1. The molecule has 3 nitrogen and oxygen atoms in total. The molecule has 3 heteroatoms. The lowest BCUT2D eigenvalue weighted by molar-refractivity contribution is 0.503. The highest BCUT2D eigenvalue weighted by Gasteiger charge is 2.07. The first-order chi connectivity index (χ1) is 6.72. The van der Waals surface area contributed by atoms with Crippen LogP contribution in [0.5, 0.6) is 0 Å². The number of allylic oxidation sites excluding steroid dienone is 1. The van der Waals surface area contributed by atoms with Gasteiger partial charge in [0.15, 0.2) is 5.76 Å². The van der Waals surface area contributed by atoms with Gasteiger partial charge in [-0.15, -0.1) is 0 Å². The van der Waals surface area contributed by atoms with Crippen LogP contribution in [0.2, 0.25) is 0 Å². The van der Waals surface area contributed by atoms with E-state index in [1.165, 1.54) is 0 Å². The monoisotopic (exact) mass is 190 g/mol. The molecule has 0 aliphatic heterocycles. The van der Waals surface area contributed by atoms with Crippen molar-refractivity contribution in [3.63, 3.8) is 0 Å². The first-order valence-corrected chi connectivity index (χ1v) is 4.70. The fraction of sp³-hybridized carbons (Fsp3) is 0.364. The second kappa shape index (κ2) is 4.52. The summed E-state index contributed by atoms with van der Waals surface area (Å²) in [6.07, 6.45) is 1.46. The van der Waals surface area contributed by atoms with Crippen molar-refractivity contribution in [1.82, 2.24) is 0 Å². The highest BCUT2D eigenvalue weighted by molar-refractivity contribution is 5.65. The Hall–Kier alpha value is -1.69. The van der Waals surface area contributed by atoms with E-state index in [4.69, 9.17) is 15.4 Å². The van der Waals surface area contributed by atoms with Crippen LogP contribution in [0.3, 0.4) is 0 Å². The Morgan fingerprint density at radius 2 is 2.21 bits per heavy atom. The van der Waals surface area contributed by atoms with Crippen molar-refractivity contribution in [1.29, 1.82) is 5.26 Å². The second-order valence-corrected chi connectivity index (χ2v) is 2.98. The summed E-state index contributed by atoms with van der Waals surface area (Å²) < 4.78 is 5.45. The Kier molecular flexibility index (Phi) is 3.35. The molecule has 1 aromatic heterocycles. The van der Waals surface area contributed by atoms with E-state index in [-0.39, 0.29) is 0 Å². The summed E-state index contributed by atoms with van der Waals surface area (Å²) in [7, 11) is 0. The summed E-state index contributed by atoms with van der Waals surface area (Å²) in [4.78, 5) is 0. The molecule has 14 heavy (non-hydrogen) atoms. The summed E-state index contributed by atoms with van der Waals surface area (Å²) in [6, 6.07) is 5.76. The molecular weight excluding hydrogens is 176 g/mol. The van der Waals surface area contributed by atoms with E-state index in [0.717, 1.165) is 12.2 Å². The largest absolute Gasteiger partial charge is 0.460 e. The molecule has 0 unspecified atom stereocenters. The normalized spacial score (nSPS) is 12.1. The highest BCUT2D eigenvalue weighted by Crippen LogP contribution is 2.18. The standard InChI is InChI=1S/C11H14N2O/c1-3-8(7-12)11(13)10-6-5-9(4-2)14-10/h5-6H,3-4,13H2,1-2H3/b11-8-. The van der Waals surface area contributed by atoms with Crippen LogP contribution in [0, 0.1) is 11.3 Å². The van der Waals surface area contributed by atoms with Crippen molar-refractivity contribution in [2.45, 2.75) is 26.7 Å². The zero-order chi connectivity index (χ0) is 10.6. The quantitative estimate of drug-likeness (QED) is 0.744. The van der Waals surface area contributed by atoms with Gasteiger partial charge < -0.3 is 10.2 Å². The van der Waals surface area contributed by atoms with Gasteiger partial charge >= 0.3 is 0 Å². The fourth-order valence-electron chi connectivity index (χ4n) is 1.19. The predicted octanol–water partition coefficient (Wildman–Crippen LogP) is 2.45. The van der Waals surface area contributed by atoms with Crippen molar-refractivity contribution in [3.05, 3.63) is 29.2 Å². The van der Waals surface area contributed by atoms with Gasteiger partial charge in [0.1, 0.15) is 5.76 Å². The van der Waals surface area contributed by atoms with Crippen LogP contribution in [0.25, 0.3) is 5.70 Å². The topological polar surface area (TPSA) is 63.0 Å². The minimum atomic E-state index is 0.453. The predicted molar refractivity (Wildman–Crippen MR) is 55.1 cm³/mol. The summed E-state index contributed by atoms with van der Waals surface area (Å²) >= 11 is 0. The first kappa shape index (κ1) is 10.4. The van der Waals surface area contributed by atoms with Gasteiger partial charge in [-0.2, -0.15) is 5.26 Å². The van der Waals surface area contributed by atoms with Crippen molar-refractivity contribution in [2.75, 3.05) is 0 Å². The van der Waals surface area contributed by atoms with Gasteiger partial charge in [0.2, 0.25) is 0 Å². The molecule has 0 radical (unpaired) electrons. The van der Waals surface area contributed by atoms with E-state index in [1.54, 1.807) is 6.07 Å². The van der Waals surface area contributed by atoms with Gasteiger partial charge in [0.05, 0.1) is 17.3 Å². The van der Waals surface area contributed by atoms with Gasteiger partial charge in [-0.3, -0.25) is 0 Å². The molecule has 2 N–H and O–H groups in total. The van der Waals surface area contributed by atoms with Crippen LogP contribution in [0.15, 0.2) is 22.1 Å². The zero-order valence-electron chi connectivity index (χ0n) is 8.50. The number of furan rings is 1. The van der Waals surface area contributed by atoms with E-state index < -0.39 is 0 Å². The number of nitrogens with zero attached hydrogens (tertiary/aromatic N) is 1. The van der Waals surface area contributed by atoms with Crippen LogP contribution in [0.4, 0.5) is 0 Å². The molecule has 0 aliphatic carbocycles. The molecule has 1 heterocycles. The molecule has 1 rings (SSSR count). The summed E-state index contributed by atoms with van der Waals surface area (Å²) in [5.41, 5.74) is 6.82. The van der Waals surface area contributed by atoms with Crippen molar-refractivity contribution in [2.24, 2.45) is 5.73 Å². The maximum atomic E-state index is 8.79. The Balaban J connectivity index is 3.05. The molecule has 0 amide bonds. The molecule has 0 spiro atoms. The van der Waals surface area contributed by atoms with E-state index in [9.17, 15) is 0 Å². The van der Waals surface area contributed by atoms with Crippen LogP contribution in [0.1, 0.15) is 31.8 Å². The van der Waals surface area contributed by atoms with E-state index in [1.807, 2.05) is 19.9 Å². The smallest absolute Gasteiger partial charge is 0.150 e. The molecule has 0 fully saturated rings. The highest BCUT2D eigenvalue weighted by atomic mass is 16.3. The van der Waals surface area contributed by atoms with Crippen LogP contribution in [-0.4, -0.2) is 0 Å². The molecule has 0 saturated carbocycles. The number of nitrogens with two attached hydrogens (primary N) is 1. The lowest BCUT2D eigenvalue weighted by atomic mass is 10.1. The van der Waals surface area contributed by atoms with Crippen molar-refractivity contribution >= 4 is 5.70 Å². The first-order valence-electron chi connectivity index (χ1n) is 4.70. The Morgan fingerprint density at radius 3 is 2.64 bits per heavy atom. The number of hydrogen-bond acceptors (Lipinski definition) is 3. The van der Waals surface area contributed by atoms with Crippen molar-refractivity contribution < 1.29 is 4.42 Å². The minimum Gasteiger partial charge on any atom is -0.460 e. The van der Waals surface area contributed by atoms with E-state index in [2.05, 4.69) is 6.07 Å². The van der Waals surface area contributed by atoms with Gasteiger partial charge in [0.25, 0.3) is 0 Å². The van der Waals surface area contributed by atoms with Gasteiger partial charge in [-0.1, -0.05) is 13.8 Å². The molecule has 74 valence electrons. The van der Waals surface area contributed by atoms with Crippen molar-refractivity contribution in [3.8, 4) is 6.07 Å². The fourth-order valence-corrected chi connectivity index (χ4v) is 1.19. The molecule has 0 aliphatic rings. The van der Waals surface area contributed by atoms with Crippen LogP contribution >= 0.6 is 0 Å². The van der Waals surface area contributed by atoms with Gasteiger partial charge in [-0.05, 0) is 18.6 Å². The number of hydrogen-bond donors (Lipinski definition) is 1. The molecule has 0 atom stereocenters. The molecule has 0 bridgehead atoms. The van der Waals surface area contributed by atoms with Crippen LogP contribution in [-0.2, 0) is 6.42 Å². The average Bonchev–Trinajstić information content (AvgIpc) is 2.67. The third kappa shape index (κ3) is 1.97. The number of aryl methyl sites for hydroxylation is 1. The molecule has 0 aromatic carbocycles. The third-order valence-corrected chi connectivity index (χ3v) is 2.09. The Morgan fingerprint density at radius 1 is 1.50 bits per heavy atom. The van der Waals surface area contributed by atoms with E-state index >= 15 is 0 Å². The minimum absolute atomic E-state index is 0.453. The van der Waals surface area contributed by atoms with Gasteiger partial charge in [-0.25, -0.2) is 0 Å². The maximum absolute atomic E-state index is 8.79. The maximum Gasteiger partial charge on any atom is 0.150 e.